The maximum atomic E-state index is 6.20. The van der Waals surface area contributed by atoms with Gasteiger partial charge in [0.15, 0.2) is 5.16 Å². The molecule has 3 rings (SSSR count). The molecule has 0 amide bonds. The van der Waals surface area contributed by atoms with E-state index in [1.54, 1.807) is 11.8 Å². The van der Waals surface area contributed by atoms with E-state index in [1.807, 2.05) is 25.1 Å². The van der Waals surface area contributed by atoms with Crippen LogP contribution < -0.4 is 10.5 Å². The quantitative estimate of drug-likeness (QED) is 0.907. The Balaban J connectivity index is 1.78. The molecule has 0 aliphatic heterocycles. The van der Waals surface area contributed by atoms with Gasteiger partial charge in [0.25, 0.3) is 0 Å². The van der Waals surface area contributed by atoms with Crippen molar-refractivity contribution in [2.24, 2.45) is 5.73 Å². The number of fused-ring (bicyclic) bond motifs is 1. The largest absolute Gasteiger partial charge is 0.494 e. The molecular formula is C15H21N3OS. The third-order valence-corrected chi connectivity index (χ3v) is 5.06. The highest BCUT2D eigenvalue weighted by atomic mass is 32.2. The maximum absolute atomic E-state index is 6.20. The molecule has 1 aliphatic carbocycles. The molecule has 0 bridgehead atoms. The normalized spacial score (nSPS) is 23.1. The van der Waals surface area contributed by atoms with E-state index in [9.17, 15) is 0 Å². The van der Waals surface area contributed by atoms with Crippen LogP contribution in [0.5, 0.6) is 5.75 Å². The molecule has 1 aliphatic rings. The molecule has 4 nitrogen and oxygen atoms in total. The lowest BCUT2D eigenvalue weighted by atomic mass is 9.96. The smallest absolute Gasteiger partial charge is 0.166 e. The average molecular weight is 291 g/mol. The first-order chi connectivity index (χ1) is 9.76. The van der Waals surface area contributed by atoms with E-state index in [0.29, 0.717) is 17.9 Å². The van der Waals surface area contributed by atoms with E-state index in [-0.39, 0.29) is 0 Å². The molecule has 2 aromatic rings. The molecule has 1 aromatic heterocycles. The minimum Gasteiger partial charge on any atom is -0.494 e. The van der Waals surface area contributed by atoms with Gasteiger partial charge in [-0.15, -0.1) is 0 Å². The fourth-order valence-electron chi connectivity index (χ4n) is 2.69. The van der Waals surface area contributed by atoms with Crippen LogP contribution in [0.4, 0.5) is 0 Å². The molecule has 2 atom stereocenters. The molecule has 5 heteroatoms. The molecule has 1 heterocycles. The van der Waals surface area contributed by atoms with Crippen molar-refractivity contribution < 1.29 is 4.74 Å². The highest BCUT2D eigenvalue weighted by Crippen LogP contribution is 2.33. The van der Waals surface area contributed by atoms with Crippen molar-refractivity contribution in [1.82, 2.24) is 9.97 Å². The fourth-order valence-corrected chi connectivity index (χ4v) is 3.89. The maximum Gasteiger partial charge on any atom is 0.166 e. The number of aromatic amines is 1. The number of hydrogen-bond donors (Lipinski definition) is 2. The SMILES string of the molecule is CCOc1ccc2nc(SC3CCCCC3N)[nH]c2c1. The Labute approximate surface area is 123 Å². The van der Waals surface area contributed by atoms with Crippen LogP contribution in [-0.2, 0) is 0 Å². The minimum absolute atomic E-state index is 0.293. The van der Waals surface area contributed by atoms with Crippen LogP contribution in [0, 0.1) is 0 Å². The van der Waals surface area contributed by atoms with Gasteiger partial charge < -0.3 is 15.5 Å². The van der Waals surface area contributed by atoms with Crippen LogP contribution in [0.1, 0.15) is 32.6 Å². The summed E-state index contributed by atoms with van der Waals surface area (Å²) in [5, 5.41) is 1.45. The Kier molecular flexibility index (Phi) is 4.17. The number of nitrogens with zero attached hydrogens (tertiary/aromatic N) is 1. The van der Waals surface area contributed by atoms with Gasteiger partial charge in [-0.25, -0.2) is 4.98 Å². The first-order valence-electron chi connectivity index (χ1n) is 7.31. The standard InChI is InChI=1S/C15H21N3OS/c1-2-19-10-7-8-12-13(9-10)18-15(17-12)20-14-6-4-3-5-11(14)16/h7-9,11,14H,2-6,16H2,1H3,(H,17,18). The summed E-state index contributed by atoms with van der Waals surface area (Å²) >= 11 is 1.79. The van der Waals surface area contributed by atoms with Crippen LogP contribution >= 0.6 is 11.8 Å². The Morgan fingerprint density at radius 1 is 1.40 bits per heavy atom. The number of ether oxygens (including phenoxy) is 1. The van der Waals surface area contributed by atoms with E-state index < -0.39 is 0 Å². The predicted octanol–water partition coefficient (Wildman–Crippen LogP) is 3.32. The van der Waals surface area contributed by atoms with Crippen LogP contribution in [0.25, 0.3) is 11.0 Å². The summed E-state index contributed by atoms with van der Waals surface area (Å²) in [7, 11) is 0. The van der Waals surface area contributed by atoms with Crippen LogP contribution in [0.2, 0.25) is 0 Å². The summed E-state index contributed by atoms with van der Waals surface area (Å²) in [6.45, 7) is 2.67. The molecule has 3 N–H and O–H groups in total. The van der Waals surface area contributed by atoms with Crippen molar-refractivity contribution in [2.45, 2.75) is 49.1 Å². The topological polar surface area (TPSA) is 63.9 Å². The first-order valence-corrected chi connectivity index (χ1v) is 8.19. The third kappa shape index (κ3) is 2.94. The molecule has 108 valence electrons. The van der Waals surface area contributed by atoms with Crippen molar-refractivity contribution in [3.8, 4) is 5.75 Å². The van der Waals surface area contributed by atoms with Gasteiger partial charge in [-0.3, -0.25) is 0 Å². The Morgan fingerprint density at radius 3 is 3.05 bits per heavy atom. The summed E-state index contributed by atoms with van der Waals surface area (Å²) in [6.07, 6.45) is 4.86. The number of H-pyrrole nitrogens is 1. The van der Waals surface area contributed by atoms with Gasteiger partial charge in [-0.2, -0.15) is 0 Å². The van der Waals surface area contributed by atoms with Crippen LogP contribution in [0.3, 0.4) is 0 Å². The van der Waals surface area contributed by atoms with Gasteiger partial charge >= 0.3 is 0 Å². The zero-order chi connectivity index (χ0) is 13.9. The van der Waals surface area contributed by atoms with Gasteiger partial charge in [0.05, 0.1) is 17.6 Å². The second-order valence-corrected chi connectivity index (χ2v) is 6.49. The molecule has 1 aromatic carbocycles. The van der Waals surface area contributed by atoms with Crippen molar-refractivity contribution in [1.29, 1.82) is 0 Å². The number of nitrogens with one attached hydrogen (secondary N) is 1. The van der Waals surface area contributed by atoms with Gasteiger partial charge in [-0.05, 0) is 31.9 Å². The van der Waals surface area contributed by atoms with Crippen molar-refractivity contribution in [3.63, 3.8) is 0 Å². The molecule has 0 saturated heterocycles. The summed E-state index contributed by atoms with van der Waals surface area (Å²) in [4.78, 5) is 8.02. The van der Waals surface area contributed by atoms with E-state index in [0.717, 1.165) is 28.4 Å². The van der Waals surface area contributed by atoms with E-state index in [4.69, 9.17) is 10.5 Å². The summed E-state index contributed by atoms with van der Waals surface area (Å²) < 4.78 is 5.52. The zero-order valence-electron chi connectivity index (χ0n) is 11.8. The Morgan fingerprint density at radius 2 is 2.25 bits per heavy atom. The van der Waals surface area contributed by atoms with Crippen molar-refractivity contribution in [3.05, 3.63) is 18.2 Å². The molecule has 0 radical (unpaired) electrons. The lowest BCUT2D eigenvalue weighted by Crippen LogP contribution is -2.35. The number of thioether (sulfide) groups is 1. The van der Waals surface area contributed by atoms with Gasteiger partial charge in [0.1, 0.15) is 5.75 Å². The number of aromatic nitrogens is 2. The zero-order valence-corrected chi connectivity index (χ0v) is 12.6. The predicted molar refractivity (Wildman–Crippen MR) is 83.4 cm³/mol. The van der Waals surface area contributed by atoms with Crippen molar-refractivity contribution >= 4 is 22.8 Å². The monoisotopic (exact) mass is 291 g/mol. The number of nitrogens with two attached hydrogens (primary N) is 1. The number of hydrogen-bond acceptors (Lipinski definition) is 4. The van der Waals surface area contributed by atoms with Crippen LogP contribution in [-0.4, -0.2) is 27.9 Å². The van der Waals surface area contributed by atoms with Gasteiger partial charge in [0.2, 0.25) is 0 Å². The lowest BCUT2D eigenvalue weighted by molar-refractivity contribution is 0.340. The van der Waals surface area contributed by atoms with Gasteiger partial charge in [0, 0.05) is 17.4 Å². The highest BCUT2D eigenvalue weighted by molar-refractivity contribution is 7.99. The molecule has 1 saturated carbocycles. The second kappa shape index (κ2) is 6.06. The van der Waals surface area contributed by atoms with Crippen molar-refractivity contribution in [2.75, 3.05) is 6.61 Å². The summed E-state index contributed by atoms with van der Waals surface area (Å²) in [6, 6.07) is 6.27. The molecular weight excluding hydrogens is 270 g/mol. The van der Waals surface area contributed by atoms with E-state index in [1.165, 1.54) is 19.3 Å². The number of benzene rings is 1. The molecule has 2 unspecified atom stereocenters. The van der Waals surface area contributed by atoms with E-state index in [2.05, 4.69) is 9.97 Å². The molecule has 20 heavy (non-hydrogen) atoms. The number of rotatable bonds is 4. The average Bonchev–Trinajstić information content (AvgIpc) is 2.83. The summed E-state index contributed by atoms with van der Waals surface area (Å²) in [5.74, 6) is 0.884. The third-order valence-electron chi connectivity index (χ3n) is 3.76. The van der Waals surface area contributed by atoms with E-state index >= 15 is 0 Å². The lowest BCUT2D eigenvalue weighted by Gasteiger charge is -2.26. The summed E-state index contributed by atoms with van der Waals surface area (Å²) in [5.41, 5.74) is 8.22. The second-order valence-electron chi connectivity index (χ2n) is 5.26. The Hall–Kier alpha value is -1.20. The molecule has 1 fully saturated rings. The Bertz CT molecular complexity index is 584. The minimum atomic E-state index is 0.293. The first kappa shape index (κ1) is 13.8. The highest BCUT2D eigenvalue weighted by Gasteiger charge is 2.23. The fraction of sp³-hybridized carbons (Fsp3) is 0.533. The van der Waals surface area contributed by atoms with Gasteiger partial charge in [-0.1, -0.05) is 24.6 Å². The van der Waals surface area contributed by atoms with Crippen LogP contribution in [0.15, 0.2) is 23.4 Å². The molecule has 0 spiro atoms. The number of imidazole rings is 1.